The number of carbonyl (C=O) groups excluding carboxylic acids is 1. The van der Waals surface area contributed by atoms with Crippen molar-refractivity contribution in [2.24, 2.45) is 0 Å². The zero-order valence-electron chi connectivity index (χ0n) is 28.1. The summed E-state index contributed by atoms with van der Waals surface area (Å²) in [6.45, 7) is 11.1. The van der Waals surface area contributed by atoms with Gasteiger partial charge >= 0.3 is 0 Å². The average Bonchev–Trinajstić information content (AvgIpc) is 3.46. The van der Waals surface area contributed by atoms with Gasteiger partial charge in [0, 0.05) is 55.4 Å². The van der Waals surface area contributed by atoms with E-state index in [4.69, 9.17) is 15.6 Å². The van der Waals surface area contributed by atoms with Crippen LogP contribution in [0.1, 0.15) is 46.6 Å². The molecule has 2 fully saturated rings. The Bertz CT molecular complexity index is 1880. The van der Waals surface area contributed by atoms with Crippen molar-refractivity contribution < 1.29 is 13.9 Å². The number of rotatable bonds is 7. The molecule has 2 aliphatic heterocycles. The molecule has 0 bridgehead atoms. The van der Waals surface area contributed by atoms with Crippen molar-refractivity contribution in [2.75, 3.05) is 39.0 Å². The van der Waals surface area contributed by atoms with Crippen LogP contribution in [0.3, 0.4) is 0 Å². The molecule has 250 valence electrons. The van der Waals surface area contributed by atoms with Crippen LogP contribution >= 0.6 is 0 Å². The predicted octanol–water partition coefficient (Wildman–Crippen LogP) is 5.42. The molecule has 0 saturated carbocycles. The quantitative estimate of drug-likeness (QED) is 0.206. The van der Waals surface area contributed by atoms with Gasteiger partial charge < -0.3 is 20.3 Å². The van der Waals surface area contributed by atoms with Gasteiger partial charge in [0.1, 0.15) is 46.8 Å². The molecule has 1 amide bonds. The third kappa shape index (κ3) is 6.48. The molecule has 11 nitrogen and oxygen atoms in total. The number of likely N-dealkylation sites (N-methyl/N-ethyl adjacent to an activating group) is 1. The van der Waals surface area contributed by atoms with E-state index in [0.29, 0.717) is 60.2 Å². The fourth-order valence-corrected chi connectivity index (χ4v) is 7.00. The number of piperazine rings is 1. The van der Waals surface area contributed by atoms with Crippen molar-refractivity contribution in [3.05, 3.63) is 72.3 Å². The number of benzene rings is 2. The largest absolute Gasteiger partial charge is 0.457 e. The van der Waals surface area contributed by atoms with Crippen LogP contribution in [0.4, 0.5) is 10.2 Å². The summed E-state index contributed by atoms with van der Waals surface area (Å²) in [7, 11) is 2.12. The maximum absolute atomic E-state index is 15.7. The highest BCUT2D eigenvalue weighted by atomic mass is 19.1. The lowest BCUT2D eigenvalue weighted by Gasteiger charge is -2.49. The van der Waals surface area contributed by atoms with Crippen LogP contribution in [-0.2, 0) is 4.79 Å². The van der Waals surface area contributed by atoms with E-state index >= 15 is 4.39 Å². The van der Waals surface area contributed by atoms with Crippen LogP contribution in [0.25, 0.3) is 22.3 Å². The molecule has 6 rings (SSSR count). The second kappa shape index (κ2) is 13.3. The number of hydrogen-bond donors (Lipinski definition) is 1. The number of hydrogen-bond acceptors (Lipinski definition) is 9. The molecule has 48 heavy (non-hydrogen) atoms. The lowest BCUT2D eigenvalue weighted by Crippen LogP contribution is -2.61. The van der Waals surface area contributed by atoms with Gasteiger partial charge in [-0.05, 0) is 77.9 Å². The molecule has 0 radical (unpaired) electrons. The van der Waals surface area contributed by atoms with E-state index in [0.717, 1.165) is 13.1 Å². The van der Waals surface area contributed by atoms with Gasteiger partial charge in [0.15, 0.2) is 5.65 Å². The smallest absolute Gasteiger partial charge is 0.264 e. The zero-order chi connectivity index (χ0) is 34.2. The first kappa shape index (κ1) is 33.1. The van der Waals surface area contributed by atoms with Crippen LogP contribution in [0, 0.1) is 17.1 Å². The summed E-state index contributed by atoms with van der Waals surface area (Å²) in [6, 6.07) is 16.3. The molecule has 2 N–H and O–H groups in total. The van der Waals surface area contributed by atoms with Gasteiger partial charge in [-0.1, -0.05) is 18.2 Å². The number of likely N-dealkylation sites (tertiary alicyclic amines) is 1. The monoisotopic (exact) mass is 651 g/mol. The first-order valence-corrected chi connectivity index (χ1v) is 16.4. The van der Waals surface area contributed by atoms with Crippen molar-refractivity contribution in [3.8, 4) is 28.8 Å². The first-order chi connectivity index (χ1) is 23.0. The van der Waals surface area contributed by atoms with E-state index in [2.05, 4.69) is 60.6 Å². The Balaban J connectivity index is 1.27. The van der Waals surface area contributed by atoms with Crippen LogP contribution in [0.5, 0.6) is 11.5 Å². The maximum atomic E-state index is 15.7. The lowest BCUT2D eigenvalue weighted by atomic mass is 9.93. The lowest BCUT2D eigenvalue weighted by molar-refractivity contribution is -0.128. The Morgan fingerprint density at radius 3 is 2.58 bits per heavy atom. The minimum atomic E-state index is -0.533. The number of nitrogens with zero attached hydrogens (tertiary/aromatic N) is 8. The van der Waals surface area contributed by atoms with Crippen molar-refractivity contribution in [3.63, 3.8) is 0 Å². The highest BCUT2D eigenvalue weighted by molar-refractivity contribution is 5.99. The van der Waals surface area contributed by atoms with Crippen molar-refractivity contribution in [2.45, 2.75) is 64.2 Å². The van der Waals surface area contributed by atoms with Gasteiger partial charge in [0.2, 0.25) is 0 Å². The summed E-state index contributed by atoms with van der Waals surface area (Å²) in [6.07, 6.45) is 4.58. The van der Waals surface area contributed by atoms with Crippen molar-refractivity contribution >= 4 is 22.8 Å². The average molecular weight is 652 g/mol. The van der Waals surface area contributed by atoms with Crippen LogP contribution in [0.2, 0.25) is 0 Å². The molecule has 2 aliphatic rings. The minimum absolute atomic E-state index is 0.122. The number of nitrogens with two attached hydrogens (primary N) is 1. The number of ether oxygens (including phenoxy) is 1. The summed E-state index contributed by atoms with van der Waals surface area (Å²) < 4.78 is 23.2. The summed E-state index contributed by atoms with van der Waals surface area (Å²) in [5, 5.41) is 15.5. The molecule has 2 aromatic heterocycles. The zero-order valence-corrected chi connectivity index (χ0v) is 28.1. The SMILES string of the molecule is C[C@@H]1CN(C)[C@@H](C)CN1C(C)(C)/C=C(/C#N)C(=O)N1CCC[C@@H](n2nc(-c3ccc(Oc4ccccc4)cc3F)c3c(N)ncnc32)C1. The number of nitriles is 1. The Kier molecular flexibility index (Phi) is 9.18. The van der Waals surface area contributed by atoms with E-state index in [1.165, 1.54) is 12.4 Å². The van der Waals surface area contributed by atoms with E-state index in [-0.39, 0.29) is 34.9 Å². The number of carbonyl (C=O) groups is 1. The predicted molar refractivity (Wildman–Crippen MR) is 183 cm³/mol. The molecule has 2 aromatic carbocycles. The molecule has 4 aromatic rings. The van der Waals surface area contributed by atoms with Gasteiger partial charge in [-0.3, -0.25) is 9.69 Å². The second-order valence-electron chi connectivity index (χ2n) is 13.5. The minimum Gasteiger partial charge on any atom is -0.457 e. The van der Waals surface area contributed by atoms with Gasteiger partial charge in [0.05, 0.1) is 11.4 Å². The number of amides is 1. The molecule has 2 saturated heterocycles. The molecule has 3 atom stereocenters. The Hall–Kier alpha value is -4.86. The van der Waals surface area contributed by atoms with Crippen molar-refractivity contribution in [1.29, 1.82) is 5.26 Å². The van der Waals surface area contributed by atoms with Crippen molar-refractivity contribution in [1.82, 2.24) is 34.4 Å². The van der Waals surface area contributed by atoms with E-state index in [9.17, 15) is 10.1 Å². The number of nitrogen functional groups attached to an aromatic ring is 1. The molecule has 0 aliphatic carbocycles. The molecule has 0 unspecified atom stereocenters. The number of anilines is 1. The second-order valence-corrected chi connectivity index (χ2v) is 13.5. The summed E-state index contributed by atoms with van der Waals surface area (Å²) >= 11 is 0. The van der Waals surface area contributed by atoms with Gasteiger partial charge in [0.25, 0.3) is 5.91 Å². The molecule has 4 heterocycles. The molecule has 0 spiro atoms. The third-order valence-corrected chi connectivity index (χ3v) is 9.61. The van der Waals surface area contributed by atoms with Crippen LogP contribution in [-0.4, -0.2) is 91.2 Å². The first-order valence-electron chi connectivity index (χ1n) is 16.4. The Morgan fingerprint density at radius 1 is 1.08 bits per heavy atom. The van der Waals surface area contributed by atoms with E-state index < -0.39 is 11.4 Å². The number of piperidine rings is 1. The standard InChI is InChI=1S/C36H42FN9O2/c1-23-20-45(24(2)19-43(23)5)36(3,4)17-25(18-38)35(47)44-15-9-10-26(21-44)46-34-31(33(39)40-22-41-34)32(42-46)29-14-13-28(16-30(29)37)48-27-11-7-6-8-12-27/h6-8,11-14,16-17,22-24,26H,9-10,15,19-21H2,1-5H3,(H2,39,40,41)/b25-17-/t23-,24+,26+/m0/s1. The summed E-state index contributed by atoms with van der Waals surface area (Å²) in [5.41, 5.74) is 6.95. The van der Waals surface area contributed by atoms with E-state index in [1.807, 2.05) is 24.3 Å². The van der Waals surface area contributed by atoms with Gasteiger partial charge in [-0.25, -0.2) is 19.0 Å². The summed E-state index contributed by atoms with van der Waals surface area (Å²) in [4.78, 5) is 29.0. The van der Waals surface area contributed by atoms with E-state index in [1.54, 1.807) is 33.8 Å². The number of halogens is 1. The molecule has 12 heteroatoms. The van der Waals surface area contributed by atoms with Gasteiger partial charge in [-0.2, -0.15) is 10.4 Å². The number of para-hydroxylation sites is 1. The fraction of sp³-hybridized carbons (Fsp3) is 0.417. The van der Waals surface area contributed by atoms with Crippen LogP contribution < -0.4 is 10.5 Å². The third-order valence-electron chi connectivity index (χ3n) is 9.61. The highest BCUT2D eigenvalue weighted by Gasteiger charge is 2.37. The molecular weight excluding hydrogens is 609 g/mol. The number of aromatic nitrogens is 4. The highest BCUT2D eigenvalue weighted by Crippen LogP contribution is 2.37. The van der Waals surface area contributed by atoms with Crippen LogP contribution in [0.15, 0.2) is 66.5 Å². The Labute approximate surface area is 280 Å². The Morgan fingerprint density at radius 2 is 1.85 bits per heavy atom. The number of fused-ring (bicyclic) bond motifs is 1. The normalized spacial score (nSPS) is 21.3. The maximum Gasteiger partial charge on any atom is 0.264 e. The van der Waals surface area contributed by atoms with Gasteiger partial charge in [-0.15, -0.1) is 0 Å². The fourth-order valence-electron chi connectivity index (χ4n) is 7.00. The molecular formula is C36H42FN9O2. The topological polar surface area (TPSA) is 129 Å². The summed E-state index contributed by atoms with van der Waals surface area (Å²) in [5.74, 6) is 0.274.